The van der Waals surface area contributed by atoms with Crippen LogP contribution in [-0.2, 0) is 14.5 Å². The molecule has 1 unspecified atom stereocenters. The highest BCUT2D eigenvalue weighted by Gasteiger charge is 2.14. The van der Waals surface area contributed by atoms with E-state index in [1.165, 1.54) is 43.5 Å². The van der Waals surface area contributed by atoms with E-state index in [4.69, 9.17) is 4.78 Å². The molecule has 1 N–H and O–H groups in total. The molecule has 0 aliphatic carbocycles. The Hall–Kier alpha value is -2.21. The number of halogens is 1. The highest BCUT2D eigenvalue weighted by Crippen LogP contribution is 2.22. The molecule has 2 aromatic carbocycles. The van der Waals surface area contributed by atoms with E-state index in [-0.39, 0.29) is 9.79 Å². The van der Waals surface area contributed by atoms with E-state index < -0.39 is 21.5 Å². The van der Waals surface area contributed by atoms with Gasteiger partial charge < -0.3 is 4.74 Å². The van der Waals surface area contributed by atoms with Crippen LogP contribution in [-0.4, -0.2) is 17.3 Å². The molecular weight excluding hydrogens is 281 g/mol. The monoisotopic (exact) mass is 293 g/mol. The zero-order chi connectivity index (χ0) is 14.8. The summed E-state index contributed by atoms with van der Waals surface area (Å²) < 4.78 is 37.9. The van der Waals surface area contributed by atoms with Crippen LogP contribution >= 0.6 is 0 Å². The predicted molar refractivity (Wildman–Crippen MR) is 71.6 cm³/mol. The first-order chi connectivity index (χ1) is 9.45. The van der Waals surface area contributed by atoms with Gasteiger partial charge in [0.1, 0.15) is 15.5 Å². The molecule has 0 amide bonds. The quantitative estimate of drug-likeness (QED) is 0.884. The molecule has 104 valence electrons. The molecule has 0 aliphatic heterocycles. The van der Waals surface area contributed by atoms with Gasteiger partial charge in [0.2, 0.25) is 0 Å². The van der Waals surface area contributed by atoms with Gasteiger partial charge in [0, 0.05) is 0 Å². The second kappa shape index (κ2) is 5.42. The first-order valence-electron chi connectivity index (χ1n) is 5.68. The summed E-state index contributed by atoms with van der Waals surface area (Å²) in [6.45, 7) is 0. The van der Waals surface area contributed by atoms with Crippen molar-refractivity contribution >= 4 is 15.7 Å². The van der Waals surface area contributed by atoms with E-state index in [0.29, 0.717) is 5.56 Å². The van der Waals surface area contributed by atoms with Crippen LogP contribution in [0.4, 0.5) is 4.39 Å². The number of hydrogen-bond donors (Lipinski definition) is 1. The molecule has 4 nitrogen and oxygen atoms in total. The normalized spacial score (nSPS) is 13.5. The average molecular weight is 293 g/mol. The molecule has 0 spiro atoms. The molecule has 0 saturated heterocycles. The summed E-state index contributed by atoms with van der Waals surface area (Å²) in [5, 5.41) is 0. The summed E-state index contributed by atoms with van der Waals surface area (Å²) in [5.74, 6) is -0.959. The van der Waals surface area contributed by atoms with Crippen molar-refractivity contribution in [2.45, 2.75) is 9.79 Å². The summed E-state index contributed by atoms with van der Waals surface area (Å²) in [6.07, 6.45) is 0. The van der Waals surface area contributed by atoms with E-state index in [1.54, 1.807) is 0 Å². The van der Waals surface area contributed by atoms with E-state index in [1.807, 2.05) is 0 Å². The van der Waals surface area contributed by atoms with Gasteiger partial charge in [-0.25, -0.2) is 18.2 Å². The minimum Gasteiger partial charge on any atom is -0.465 e. The average Bonchev–Trinajstić information content (AvgIpc) is 2.47. The third-order valence-corrected chi connectivity index (χ3v) is 4.62. The maximum Gasteiger partial charge on any atom is 0.337 e. The van der Waals surface area contributed by atoms with Gasteiger partial charge >= 0.3 is 5.97 Å². The fourth-order valence-electron chi connectivity index (χ4n) is 1.66. The molecule has 0 aliphatic rings. The molecule has 2 aromatic rings. The number of esters is 1. The van der Waals surface area contributed by atoms with Crippen molar-refractivity contribution in [2.75, 3.05) is 7.11 Å². The van der Waals surface area contributed by atoms with Gasteiger partial charge in [-0.1, -0.05) is 0 Å². The van der Waals surface area contributed by atoms with Gasteiger partial charge in [-0.15, -0.1) is 0 Å². The lowest BCUT2D eigenvalue weighted by atomic mass is 10.2. The molecule has 2 rings (SSSR count). The number of benzene rings is 2. The second-order valence-corrected chi connectivity index (χ2v) is 6.08. The molecule has 0 radical (unpaired) electrons. The number of carbonyl (C=O) groups is 1. The second-order valence-electron chi connectivity index (χ2n) is 4.03. The highest BCUT2D eigenvalue weighted by molar-refractivity contribution is 7.92. The van der Waals surface area contributed by atoms with Crippen molar-refractivity contribution in [3.8, 4) is 0 Å². The van der Waals surface area contributed by atoms with Gasteiger partial charge in [-0.3, -0.25) is 0 Å². The minimum absolute atomic E-state index is 0.213. The SMILES string of the molecule is COC(=O)c1ccc(S(=N)(=O)c2ccc(F)cc2)cc1. The number of methoxy groups -OCH3 is 1. The Morgan fingerprint density at radius 3 is 1.95 bits per heavy atom. The Balaban J connectivity index is 2.40. The molecule has 6 heteroatoms. The lowest BCUT2D eigenvalue weighted by Crippen LogP contribution is -2.03. The molecular formula is C14H12FNO3S. The number of rotatable bonds is 3. The smallest absolute Gasteiger partial charge is 0.337 e. The lowest BCUT2D eigenvalue weighted by Gasteiger charge is -2.08. The van der Waals surface area contributed by atoms with E-state index in [2.05, 4.69) is 4.74 Å². The first kappa shape index (κ1) is 14.2. The van der Waals surface area contributed by atoms with Gasteiger partial charge in [0.05, 0.1) is 22.5 Å². The highest BCUT2D eigenvalue weighted by atomic mass is 32.2. The van der Waals surface area contributed by atoms with Crippen LogP contribution < -0.4 is 0 Å². The summed E-state index contributed by atoms with van der Waals surface area (Å²) in [5.41, 5.74) is 0.311. The van der Waals surface area contributed by atoms with Crippen LogP contribution in [0.3, 0.4) is 0 Å². The van der Waals surface area contributed by atoms with E-state index >= 15 is 0 Å². The van der Waals surface area contributed by atoms with Crippen LogP contribution in [0.25, 0.3) is 0 Å². The fourth-order valence-corrected chi connectivity index (χ4v) is 2.97. The van der Waals surface area contributed by atoms with Crippen molar-refractivity contribution in [1.82, 2.24) is 0 Å². The van der Waals surface area contributed by atoms with Crippen molar-refractivity contribution in [3.05, 3.63) is 59.9 Å². The van der Waals surface area contributed by atoms with Crippen LogP contribution in [0.5, 0.6) is 0 Å². The Morgan fingerprint density at radius 1 is 1.05 bits per heavy atom. The van der Waals surface area contributed by atoms with Crippen LogP contribution in [0.1, 0.15) is 10.4 Å². The molecule has 0 heterocycles. The van der Waals surface area contributed by atoms with Gasteiger partial charge in [-0.05, 0) is 48.5 Å². The third kappa shape index (κ3) is 2.70. The zero-order valence-electron chi connectivity index (χ0n) is 10.6. The van der Waals surface area contributed by atoms with E-state index in [0.717, 1.165) is 12.1 Å². The number of carbonyl (C=O) groups excluding carboxylic acids is 1. The van der Waals surface area contributed by atoms with Gasteiger partial charge in [0.15, 0.2) is 0 Å². The third-order valence-electron chi connectivity index (χ3n) is 2.75. The minimum atomic E-state index is -3.22. The van der Waals surface area contributed by atoms with Crippen LogP contribution in [0.15, 0.2) is 58.3 Å². The number of hydrogen-bond acceptors (Lipinski definition) is 4. The van der Waals surface area contributed by atoms with Crippen molar-refractivity contribution in [3.63, 3.8) is 0 Å². The molecule has 0 aromatic heterocycles. The van der Waals surface area contributed by atoms with Gasteiger partial charge in [-0.2, -0.15) is 0 Å². The van der Waals surface area contributed by atoms with Crippen molar-refractivity contribution in [1.29, 1.82) is 4.78 Å². The van der Waals surface area contributed by atoms with Crippen molar-refractivity contribution < 1.29 is 18.1 Å². The first-order valence-corrected chi connectivity index (χ1v) is 7.24. The number of ether oxygens (including phenoxy) is 1. The van der Waals surface area contributed by atoms with Crippen LogP contribution in [0, 0.1) is 10.6 Å². The summed E-state index contributed by atoms with van der Waals surface area (Å²) in [7, 11) is -1.96. The maximum absolute atomic E-state index is 12.9. The lowest BCUT2D eigenvalue weighted by molar-refractivity contribution is 0.0600. The van der Waals surface area contributed by atoms with E-state index in [9.17, 15) is 13.4 Å². The van der Waals surface area contributed by atoms with Crippen molar-refractivity contribution in [2.24, 2.45) is 0 Å². The Morgan fingerprint density at radius 2 is 1.50 bits per heavy atom. The maximum atomic E-state index is 12.9. The van der Waals surface area contributed by atoms with Crippen LogP contribution in [0.2, 0.25) is 0 Å². The summed E-state index contributed by atoms with van der Waals surface area (Å²) in [4.78, 5) is 11.8. The summed E-state index contributed by atoms with van der Waals surface area (Å²) in [6, 6.07) is 10.7. The Labute approximate surface area is 116 Å². The zero-order valence-corrected chi connectivity index (χ0v) is 11.4. The predicted octanol–water partition coefficient (Wildman–Crippen LogP) is 3.08. The topological polar surface area (TPSA) is 67.2 Å². The standard InChI is InChI=1S/C14H12FNO3S/c1-19-14(17)10-2-6-12(7-3-10)20(16,18)13-8-4-11(15)5-9-13/h2-9,16H,1H3. The molecule has 20 heavy (non-hydrogen) atoms. The molecule has 0 bridgehead atoms. The summed E-state index contributed by atoms with van der Waals surface area (Å²) >= 11 is 0. The fraction of sp³-hybridized carbons (Fsp3) is 0.0714. The van der Waals surface area contributed by atoms with Gasteiger partial charge in [0.25, 0.3) is 0 Å². The largest absolute Gasteiger partial charge is 0.465 e. The Bertz CT molecular complexity index is 722. The molecule has 0 saturated carbocycles. The number of nitrogens with one attached hydrogen (secondary N) is 1. The molecule has 0 fully saturated rings. The Kier molecular flexibility index (Phi) is 3.85. The molecule has 1 atom stereocenters.